The highest BCUT2D eigenvalue weighted by Crippen LogP contribution is 2.20. The largest absolute Gasteiger partial charge is 0.320 e. The Morgan fingerprint density at radius 2 is 1.77 bits per heavy atom. The van der Waals surface area contributed by atoms with E-state index < -0.39 is 11.0 Å². The van der Waals surface area contributed by atoms with Gasteiger partial charge in [0.25, 0.3) is 0 Å². The Hall–Kier alpha value is -1.57. The van der Waals surface area contributed by atoms with Crippen LogP contribution in [0.15, 0.2) is 41.8 Å². The average Bonchev–Trinajstić information content (AvgIpc) is 3.21. The van der Waals surface area contributed by atoms with E-state index in [1.807, 2.05) is 42.7 Å². The second-order valence-corrected chi connectivity index (χ2v) is 7.68. The molecule has 1 aliphatic heterocycles. The van der Waals surface area contributed by atoms with Crippen molar-refractivity contribution in [3.05, 3.63) is 42.5 Å². The van der Waals surface area contributed by atoms with E-state index >= 15 is 0 Å². The predicted octanol–water partition coefficient (Wildman–Crippen LogP) is 2.78. The molecule has 3 rings (SSSR count). The summed E-state index contributed by atoms with van der Waals surface area (Å²) in [4.78, 5) is 0.892. The normalized spacial score (nSPS) is 16.2. The number of benzene rings is 1. The van der Waals surface area contributed by atoms with Crippen LogP contribution >= 0.6 is 0 Å². The van der Waals surface area contributed by atoms with E-state index in [1.165, 1.54) is 5.56 Å². The quantitative estimate of drug-likeness (QED) is 0.806. The van der Waals surface area contributed by atoms with Crippen LogP contribution in [0.5, 0.6) is 0 Å². The van der Waals surface area contributed by atoms with Crippen LogP contribution in [0.3, 0.4) is 0 Å². The molecule has 1 unspecified atom stereocenters. The third-order valence-electron chi connectivity index (χ3n) is 4.41. The highest BCUT2D eigenvalue weighted by atomic mass is 32.2. The zero-order chi connectivity index (χ0) is 18.8. The molecule has 1 fully saturated rings. The van der Waals surface area contributed by atoms with Gasteiger partial charge in [0, 0.05) is 19.1 Å². The number of rotatable bonds is 7. The first-order valence-corrected chi connectivity index (χ1v) is 10.6. The molecule has 6 nitrogen and oxygen atoms in total. The summed E-state index contributed by atoms with van der Waals surface area (Å²) in [6, 6.07) is 8.41. The molecule has 1 saturated heterocycles. The second-order valence-electron chi connectivity index (χ2n) is 6.24. The maximum Gasteiger partial charge on any atom is 0.127 e. The number of piperidine rings is 1. The summed E-state index contributed by atoms with van der Waals surface area (Å²) < 4.78 is 17.3. The summed E-state index contributed by atoms with van der Waals surface area (Å²) in [7, 11) is -1.11. The van der Waals surface area contributed by atoms with E-state index in [0.717, 1.165) is 50.3 Å². The monoisotopic (exact) mass is 377 g/mol. The zero-order valence-corrected chi connectivity index (χ0v) is 16.9. The summed E-state index contributed by atoms with van der Waals surface area (Å²) in [5.41, 5.74) is 1.19. The average molecular weight is 378 g/mol. The van der Waals surface area contributed by atoms with E-state index in [0.29, 0.717) is 6.04 Å². The van der Waals surface area contributed by atoms with Crippen molar-refractivity contribution in [2.75, 3.05) is 19.6 Å². The van der Waals surface area contributed by atoms with Gasteiger partial charge in [-0.2, -0.15) is 0 Å². The lowest BCUT2D eigenvalue weighted by Crippen LogP contribution is -2.44. The fourth-order valence-electron chi connectivity index (χ4n) is 3.03. The highest BCUT2D eigenvalue weighted by Gasteiger charge is 2.26. The fourth-order valence-corrected chi connectivity index (χ4v) is 4.45. The van der Waals surface area contributed by atoms with Crippen LogP contribution < -0.4 is 5.32 Å². The first-order chi connectivity index (χ1) is 12.7. The Balaban J connectivity index is 0.00000117. The van der Waals surface area contributed by atoms with Crippen molar-refractivity contribution in [2.24, 2.45) is 0 Å². The Bertz CT molecular complexity index is 638. The maximum absolute atomic E-state index is 13.1. The number of aromatic nitrogens is 3. The Kier molecular flexibility index (Phi) is 8.94. The van der Waals surface area contributed by atoms with Crippen molar-refractivity contribution in [1.29, 1.82) is 0 Å². The molecule has 0 amide bonds. The fraction of sp³-hybridized carbons (Fsp3) is 0.579. The lowest BCUT2D eigenvalue weighted by atomic mass is 10.1. The number of nitrogens with zero attached hydrogens (tertiary/aromatic N) is 4. The van der Waals surface area contributed by atoms with Crippen LogP contribution in [0.4, 0.5) is 0 Å². The summed E-state index contributed by atoms with van der Waals surface area (Å²) in [5.74, 6) is 0. The number of hydrogen-bond donors (Lipinski definition) is 1. The number of nitrogens with one attached hydrogen (secondary N) is 1. The number of hydrogen-bond acceptors (Lipinski definition) is 4. The summed E-state index contributed by atoms with van der Waals surface area (Å²) in [6.07, 6.45) is 6.48. The molecular formula is C19H31N5OS. The molecule has 0 aliphatic carbocycles. The molecule has 0 radical (unpaired) electrons. The lowest BCUT2D eigenvalue weighted by Gasteiger charge is -2.33. The van der Waals surface area contributed by atoms with Crippen molar-refractivity contribution in [3.63, 3.8) is 0 Å². The summed E-state index contributed by atoms with van der Waals surface area (Å²) in [6.45, 7) is 9.70. The van der Waals surface area contributed by atoms with E-state index in [-0.39, 0.29) is 0 Å². The molecule has 0 bridgehead atoms. The molecule has 1 aromatic carbocycles. The molecule has 0 spiro atoms. The third kappa shape index (κ3) is 6.00. The third-order valence-corrected chi connectivity index (χ3v) is 6.00. The van der Waals surface area contributed by atoms with Crippen molar-refractivity contribution >= 4 is 11.0 Å². The van der Waals surface area contributed by atoms with Crippen molar-refractivity contribution in [1.82, 2.24) is 24.4 Å². The summed E-state index contributed by atoms with van der Waals surface area (Å²) in [5, 5.41) is 11.1. The SMILES string of the molecule is CC.Cc1ccc(S(=O)N(CCCn2cnnc2)C2CCNCC2)cc1. The van der Waals surface area contributed by atoms with Crippen molar-refractivity contribution in [2.45, 2.75) is 57.5 Å². The Morgan fingerprint density at radius 3 is 2.38 bits per heavy atom. The van der Waals surface area contributed by atoms with E-state index in [9.17, 15) is 4.21 Å². The maximum atomic E-state index is 13.1. The van der Waals surface area contributed by atoms with Crippen LogP contribution in [-0.2, 0) is 17.5 Å². The minimum atomic E-state index is -1.11. The van der Waals surface area contributed by atoms with Gasteiger partial charge >= 0.3 is 0 Å². The van der Waals surface area contributed by atoms with E-state index in [4.69, 9.17) is 0 Å². The van der Waals surface area contributed by atoms with Gasteiger partial charge in [-0.3, -0.25) is 0 Å². The van der Waals surface area contributed by atoms with Gasteiger partial charge in [-0.05, 0) is 51.4 Å². The van der Waals surface area contributed by atoms with Crippen molar-refractivity contribution in [3.8, 4) is 0 Å². The molecule has 7 heteroatoms. The molecule has 1 atom stereocenters. The van der Waals surface area contributed by atoms with Crippen LogP contribution in [0.25, 0.3) is 0 Å². The molecule has 1 N–H and O–H groups in total. The van der Waals surface area contributed by atoms with Gasteiger partial charge in [0.1, 0.15) is 23.6 Å². The van der Waals surface area contributed by atoms with Gasteiger partial charge in [-0.1, -0.05) is 31.5 Å². The van der Waals surface area contributed by atoms with Crippen LogP contribution in [-0.4, -0.2) is 49.0 Å². The zero-order valence-electron chi connectivity index (χ0n) is 16.1. The van der Waals surface area contributed by atoms with Gasteiger partial charge in [0.2, 0.25) is 0 Å². The highest BCUT2D eigenvalue weighted by molar-refractivity contribution is 7.82. The molecule has 26 heavy (non-hydrogen) atoms. The Morgan fingerprint density at radius 1 is 1.15 bits per heavy atom. The van der Waals surface area contributed by atoms with Crippen LogP contribution in [0.1, 0.15) is 38.7 Å². The molecular weight excluding hydrogens is 346 g/mol. The molecule has 1 aromatic heterocycles. The second kappa shape index (κ2) is 11.2. The lowest BCUT2D eigenvalue weighted by molar-refractivity contribution is 0.267. The standard InChI is InChI=1S/C17H25N5OS.C2H6/c1-15-3-5-17(6-4-15)24(23)22(16-7-9-18-10-8-16)12-2-11-21-13-19-20-14-21;1-2/h3-6,13-14,16,18H,2,7-12H2,1H3;1-2H3. The minimum absolute atomic E-state index is 0.370. The van der Waals surface area contributed by atoms with Gasteiger partial charge in [-0.25, -0.2) is 8.51 Å². The number of aryl methyl sites for hydroxylation is 2. The van der Waals surface area contributed by atoms with Gasteiger partial charge in [0.15, 0.2) is 0 Å². The molecule has 1 aliphatic rings. The van der Waals surface area contributed by atoms with E-state index in [2.05, 4.69) is 26.7 Å². The van der Waals surface area contributed by atoms with E-state index in [1.54, 1.807) is 12.7 Å². The molecule has 0 saturated carbocycles. The summed E-state index contributed by atoms with van der Waals surface area (Å²) >= 11 is 0. The first kappa shape index (κ1) is 20.7. The van der Waals surface area contributed by atoms with Crippen LogP contribution in [0.2, 0.25) is 0 Å². The molecule has 2 aromatic rings. The predicted molar refractivity (Wildman–Crippen MR) is 106 cm³/mol. The van der Waals surface area contributed by atoms with Gasteiger partial charge in [-0.15, -0.1) is 10.2 Å². The smallest absolute Gasteiger partial charge is 0.127 e. The van der Waals surface area contributed by atoms with Gasteiger partial charge in [0.05, 0.1) is 4.90 Å². The minimum Gasteiger partial charge on any atom is -0.320 e. The van der Waals surface area contributed by atoms with Crippen LogP contribution in [0, 0.1) is 6.92 Å². The van der Waals surface area contributed by atoms with Gasteiger partial charge < -0.3 is 9.88 Å². The first-order valence-electron chi connectivity index (χ1n) is 9.52. The Labute approximate surface area is 159 Å². The molecule has 144 valence electrons. The van der Waals surface area contributed by atoms with Crippen molar-refractivity contribution < 1.29 is 4.21 Å². The topological polar surface area (TPSA) is 63.1 Å². The molecule has 2 heterocycles.